The lowest BCUT2D eigenvalue weighted by Crippen LogP contribution is -2.61. The van der Waals surface area contributed by atoms with Crippen molar-refractivity contribution in [2.75, 3.05) is 32.7 Å². The highest BCUT2D eigenvalue weighted by Crippen LogP contribution is 2.22. The smallest absolute Gasteiger partial charge is 0.282 e. The third-order valence-electron chi connectivity index (χ3n) is 3.84. The molecular formula is C11H23N3O2S. The van der Waals surface area contributed by atoms with Gasteiger partial charge in [-0.2, -0.15) is 17.0 Å². The summed E-state index contributed by atoms with van der Waals surface area (Å²) in [4.78, 5) is 0. The van der Waals surface area contributed by atoms with E-state index in [9.17, 15) is 8.42 Å². The normalized spacial score (nSPS) is 25.1. The van der Waals surface area contributed by atoms with Crippen LogP contribution in [0.2, 0.25) is 0 Å². The van der Waals surface area contributed by atoms with Crippen molar-refractivity contribution in [3.8, 4) is 0 Å². The lowest BCUT2D eigenvalue weighted by atomic mass is 10.0. The number of nitrogens with one attached hydrogen (secondary N) is 1. The maximum absolute atomic E-state index is 12.5. The third kappa shape index (κ3) is 2.65. The van der Waals surface area contributed by atoms with Crippen molar-refractivity contribution in [2.45, 2.75) is 32.7 Å². The summed E-state index contributed by atoms with van der Waals surface area (Å²) in [5.74, 6) is 0.655. The molecule has 0 spiro atoms. The molecule has 0 aliphatic carbocycles. The van der Waals surface area contributed by atoms with E-state index in [-0.39, 0.29) is 6.04 Å². The minimum absolute atomic E-state index is 0.157. The zero-order valence-corrected chi connectivity index (χ0v) is 11.5. The van der Waals surface area contributed by atoms with Gasteiger partial charge in [0.25, 0.3) is 10.2 Å². The quantitative estimate of drug-likeness (QED) is 0.789. The Bertz CT molecular complexity index is 346. The van der Waals surface area contributed by atoms with E-state index in [1.807, 2.05) is 6.92 Å². The summed E-state index contributed by atoms with van der Waals surface area (Å²) in [5, 5.41) is 3.13. The van der Waals surface area contributed by atoms with E-state index < -0.39 is 10.2 Å². The van der Waals surface area contributed by atoms with Crippen molar-refractivity contribution in [1.29, 1.82) is 0 Å². The summed E-state index contributed by atoms with van der Waals surface area (Å²) in [6, 6.07) is 0.157. The van der Waals surface area contributed by atoms with E-state index >= 15 is 0 Å². The molecule has 0 aromatic rings. The lowest BCUT2D eigenvalue weighted by molar-refractivity contribution is 0.214. The van der Waals surface area contributed by atoms with Gasteiger partial charge in [-0.3, -0.25) is 0 Å². The zero-order chi connectivity index (χ0) is 12.5. The molecule has 0 unspecified atom stereocenters. The Labute approximate surface area is 104 Å². The third-order valence-corrected chi connectivity index (χ3v) is 6.01. The van der Waals surface area contributed by atoms with E-state index in [0.717, 1.165) is 25.9 Å². The van der Waals surface area contributed by atoms with Crippen LogP contribution in [-0.2, 0) is 10.2 Å². The van der Waals surface area contributed by atoms with Crippen LogP contribution in [-0.4, -0.2) is 55.8 Å². The molecule has 2 rings (SSSR count). The number of hydrogen-bond donors (Lipinski definition) is 1. The Morgan fingerprint density at radius 3 is 2.29 bits per heavy atom. The number of hydrogen-bond acceptors (Lipinski definition) is 3. The van der Waals surface area contributed by atoms with Crippen LogP contribution in [0.4, 0.5) is 0 Å². The molecule has 0 saturated carbocycles. The van der Waals surface area contributed by atoms with E-state index in [0.29, 0.717) is 25.6 Å². The molecule has 2 heterocycles. The largest absolute Gasteiger partial charge is 0.313 e. The van der Waals surface area contributed by atoms with Gasteiger partial charge >= 0.3 is 0 Å². The first-order valence-corrected chi connectivity index (χ1v) is 7.93. The van der Waals surface area contributed by atoms with Crippen LogP contribution in [0.1, 0.15) is 26.7 Å². The second-order valence-electron chi connectivity index (χ2n) is 5.10. The molecule has 17 heavy (non-hydrogen) atoms. The first-order chi connectivity index (χ1) is 8.05. The minimum Gasteiger partial charge on any atom is -0.313 e. The number of nitrogens with zero attached hydrogens (tertiary/aromatic N) is 2. The molecular weight excluding hydrogens is 238 g/mol. The number of likely N-dealkylation sites (N-methyl/N-ethyl adjacent to an activating group) is 1. The van der Waals surface area contributed by atoms with E-state index in [4.69, 9.17) is 0 Å². The predicted molar refractivity (Wildman–Crippen MR) is 67.9 cm³/mol. The van der Waals surface area contributed by atoms with Gasteiger partial charge in [0.1, 0.15) is 0 Å². The molecule has 2 fully saturated rings. The first-order valence-electron chi connectivity index (χ1n) is 6.53. The van der Waals surface area contributed by atoms with Gasteiger partial charge in [0, 0.05) is 32.7 Å². The molecule has 0 aromatic heterocycles. The van der Waals surface area contributed by atoms with Gasteiger partial charge in [-0.15, -0.1) is 0 Å². The molecule has 2 saturated heterocycles. The van der Waals surface area contributed by atoms with Gasteiger partial charge in [0.05, 0.1) is 6.04 Å². The van der Waals surface area contributed by atoms with Crippen molar-refractivity contribution in [3.05, 3.63) is 0 Å². The summed E-state index contributed by atoms with van der Waals surface area (Å²) in [6.07, 6.45) is 1.97. The van der Waals surface area contributed by atoms with Crippen LogP contribution >= 0.6 is 0 Å². The maximum Gasteiger partial charge on any atom is 0.282 e. The Hall–Kier alpha value is -0.170. The summed E-state index contributed by atoms with van der Waals surface area (Å²) in [6.45, 7) is 7.62. The van der Waals surface area contributed by atoms with Gasteiger partial charge in [-0.05, 0) is 18.8 Å². The average molecular weight is 261 g/mol. The van der Waals surface area contributed by atoms with Crippen LogP contribution in [0.3, 0.4) is 0 Å². The first kappa shape index (κ1) is 13.3. The molecule has 5 nitrogen and oxygen atoms in total. The Morgan fingerprint density at radius 1 is 1.29 bits per heavy atom. The average Bonchev–Trinajstić information content (AvgIpc) is 2.23. The molecule has 2 aliphatic rings. The zero-order valence-electron chi connectivity index (χ0n) is 10.7. The molecule has 2 aliphatic heterocycles. The second-order valence-corrected chi connectivity index (χ2v) is 6.99. The molecule has 100 valence electrons. The van der Waals surface area contributed by atoms with Gasteiger partial charge < -0.3 is 5.32 Å². The van der Waals surface area contributed by atoms with Crippen LogP contribution in [0.5, 0.6) is 0 Å². The van der Waals surface area contributed by atoms with Crippen molar-refractivity contribution < 1.29 is 8.42 Å². The summed E-state index contributed by atoms with van der Waals surface area (Å²) in [7, 11) is -3.23. The molecule has 0 atom stereocenters. The molecule has 0 aromatic carbocycles. The molecule has 0 radical (unpaired) electrons. The van der Waals surface area contributed by atoms with Crippen LogP contribution < -0.4 is 5.32 Å². The SMILES string of the molecule is CCN(C1CNC1)S(=O)(=O)N1CCC(C)CC1. The van der Waals surface area contributed by atoms with Crippen LogP contribution in [0.15, 0.2) is 0 Å². The Balaban J connectivity index is 2.05. The van der Waals surface area contributed by atoms with E-state index in [1.54, 1.807) is 8.61 Å². The fraction of sp³-hybridized carbons (Fsp3) is 1.00. The van der Waals surface area contributed by atoms with Gasteiger partial charge in [-0.25, -0.2) is 0 Å². The number of piperidine rings is 1. The van der Waals surface area contributed by atoms with Crippen molar-refractivity contribution >= 4 is 10.2 Å². The number of rotatable bonds is 4. The molecule has 0 amide bonds. The highest BCUT2D eigenvalue weighted by atomic mass is 32.2. The summed E-state index contributed by atoms with van der Waals surface area (Å²) >= 11 is 0. The van der Waals surface area contributed by atoms with Gasteiger partial charge in [0.15, 0.2) is 0 Å². The van der Waals surface area contributed by atoms with Crippen LogP contribution in [0.25, 0.3) is 0 Å². The standard InChI is InChI=1S/C11H23N3O2S/c1-3-14(11-8-12-9-11)17(15,16)13-6-4-10(2)5-7-13/h10-12H,3-9H2,1-2H3. The topological polar surface area (TPSA) is 52.7 Å². The van der Waals surface area contributed by atoms with E-state index in [2.05, 4.69) is 12.2 Å². The second kappa shape index (κ2) is 5.22. The minimum atomic E-state index is -3.23. The maximum atomic E-state index is 12.5. The fourth-order valence-corrected chi connectivity index (χ4v) is 4.27. The Morgan fingerprint density at radius 2 is 1.88 bits per heavy atom. The Kier molecular flexibility index (Phi) is 4.07. The molecule has 0 bridgehead atoms. The van der Waals surface area contributed by atoms with Crippen molar-refractivity contribution in [2.24, 2.45) is 5.92 Å². The fourth-order valence-electron chi connectivity index (χ4n) is 2.45. The van der Waals surface area contributed by atoms with Crippen molar-refractivity contribution in [1.82, 2.24) is 13.9 Å². The monoisotopic (exact) mass is 261 g/mol. The van der Waals surface area contributed by atoms with Crippen LogP contribution in [0, 0.1) is 5.92 Å². The summed E-state index contributed by atoms with van der Waals surface area (Å²) < 4.78 is 28.3. The van der Waals surface area contributed by atoms with Gasteiger partial charge in [0.2, 0.25) is 0 Å². The van der Waals surface area contributed by atoms with Gasteiger partial charge in [-0.1, -0.05) is 13.8 Å². The lowest BCUT2D eigenvalue weighted by Gasteiger charge is -2.40. The molecule has 1 N–H and O–H groups in total. The predicted octanol–water partition coefficient (Wildman–Crippen LogP) is 0.257. The summed E-state index contributed by atoms with van der Waals surface area (Å²) in [5.41, 5.74) is 0. The highest BCUT2D eigenvalue weighted by Gasteiger charge is 2.37. The molecule has 6 heteroatoms. The van der Waals surface area contributed by atoms with E-state index in [1.165, 1.54) is 0 Å². The van der Waals surface area contributed by atoms with Crippen molar-refractivity contribution in [3.63, 3.8) is 0 Å². The highest BCUT2D eigenvalue weighted by molar-refractivity contribution is 7.86.